The smallest absolute Gasteiger partial charge is 0.231 e. The number of alkyl halides is 1. The van der Waals surface area contributed by atoms with Gasteiger partial charge in [-0.2, -0.15) is 0 Å². The van der Waals surface area contributed by atoms with Gasteiger partial charge in [-0.1, -0.05) is 133 Å². The van der Waals surface area contributed by atoms with Crippen LogP contribution in [0.1, 0.15) is 76.0 Å². The molecule has 0 bridgehead atoms. The SMILES string of the molecule is ClC(c1ccccc1)c1ccccc1.[2H]C1([2H])Oc2ccc(CCN3CCCC(O)C3)cc2O1.[2H]C1([2H])Oc2ccc(CCN3CCCC(OC(c4ccccc4)c4ccccc4)C3)cc2O1. The number of aliphatic hydroxyl groups excluding tert-OH is 1. The molecule has 8 nitrogen and oxygen atoms in total. The zero-order chi connectivity index (χ0) is 46.6. The minimum Gasteiger partial charge on any atom is -0.454 e. The zero-order valence-corrected chi connectivity index (χ0v) is 36.3. The Morgan fingerprint density at radius 2 is 0.984 bits per heavy atom. The molecule has 0 spiro atoms. The van der Waals surface area contributed by atoms with Crippen molar-refractivity contribution < 1.29 is 34.3 Å². The third-order valence-corrected chi connectivity index (χ3v) is 12.2. The Balaban J connectivity index is 0.000000151. The maximum atomic E-state index is 9.64. The highest BCUT2D eigenvalue weighted by molar-refractivity contribution is 6.22. The van der Waals surface area contributed by atoms with Gasteiger partial charge in [-0.25, -0.2) is 0 Å². The Labute approximate surface area is 383 Å². The highest BCUT2D eigenvalue weighted by atomic mass is 35.5. The maximum Gasteiger partial charge on any atom is 0.231 e. The number of fused-ring (bicyclic) bond motifs is 2. The minimum atomic E-state index is -2.08. The monoisotopic (exact) mass is 870 g/mol. The fourth-order valence-electron chi connectivity index (χ4n) is 8.34. The van der Waals surface area contributed by atoms with Gasteiger partial charge in [0.15, 0.2) is 23.0 Å². The normalized spacial score (nSPS) is 20.6. The third-order valence-electron chi connectivity index (χ3n) is 11.7. The van der Waals surface area contributed by atoms with Gasteiger partial charge in [-0.05, 0) is 109 Å². The average molecular weight is 872 g/mol. The number of benzene rings is 6. The standard InChI is InChI=1S/C27H29NO3.C14H19NO3.C13H11Cl/c1-3-8-22(9-4-1)27(23-10-5-2-6-11-23)31-24-12-7-16-28(19-24)17-15-21-13-14-25-26(18-21)30-20-29-25;16-12-2-1-6-15(9-12)7-5-11-3-4-13-14(8-11)18-10-17-13;14-13(11-7-3-1-4-8-11)12-9-5-2-6-10-12/h1-6,8-11,13-14,18,24,27H,7,12,15-17,19-20H2;3-4,8,12,16H,1-2,5-7,9-10H2;1-10,13H/i20D2;10D2;. The van der Waals surface area contributed by atoms with Gasteiger partial charge < -0.3 is 38.6 Å². The Morgan fingerprint density at radius 3 is 1.46 bits per heavy atom. The topological polar surface area (TPSA) is 72.9 Å². The summed E-state index contributed by atoms with van der Waals surface area (Å²) in [6, 6.07) is 52.3. The van der Waals surface area contributed by atoms with Gasteiger partial charge in [0.05, 0.1) is 17.6 Å². The van der Waals surface area contributed by atoms with Crippen molar-refractivity contribution >= 4 is 11.6 Å². The zero-order valence-electron chi connectivity index (χ0n) is 39.6. The lowest BCUT2D eigenvalue weighted by atomic mass is 10.00. The summed E-state index contributed by atoms with van der Waals surface area (Å²) >= 11 is 6.33. The molecule has 63 heavy (non-hydrogen) atoms. The number of halogens is 1. The van der Waals surface area contributed by atoms with E-state index in [4.69, 9.17) is 40.8 Å². The van der Waals surface area contributed by atoms with E-state index in [1.165, 1.54) is 11.1 Å². The first kappa shape index (κ1) is 39.3. The van der Waals surface area contributed by atoms with E-state index in [1.54, 1.807) is 12.1 Å². The molecule has 9 heteroatoms. The number of hydrogen-bond acceptors (Lipinski definition) is 8. The second kappa shape index (κ2) is 22.8. The van der Waals surface area contributed by atoms with E-state index in [0.29, 0.717) is 23.0 Å². The number of rotatable bonds is 12. The van der Waals surface area contributed by atoms with E-state index in [1.807, 2.05) is 97.1 Å². The summed E-state index contributed by atoms with van der Waals surface area (Å²) in [7, 11) is 0. The van der Waals surface area contributed by atoms with Crippen LogP contribution < -0.4 is 18.9 Å². The Hall–Kier alpha value is -5.35. The van der Waals surface area contributed by atoms with E-state index >= 15 is 0 Å². The van der Waals surface area contributed by atoms with E-state index < -0.39 is 13.5 Å². The summed E-state index contributed by atoms with van der Waals surface area (Å²) in [5.41, 5.74) is 6.84. The molecular weight excluding hydrogens is 808 g/mol. The summed E-state index contributed by atoms with van der Waals surface area (Å²) < 4.78 is 57.3. The Morgan fingerprint density at radius 1 is 0.556 bits per heavy atom. The van der Waals surface area contributed by atoms with Crippen molar-refractivity contribution in [2.75, 3.05) is 52.8 Å². The van der Waals surface area contributed by atoms with Crippen molar-refractivity contribution in [3.63, 3.8) is 0 Å². The lowest BCUT2D eigenvalue weighted by molar-refractivity contribution is -0.0330. The van der Waals surface area contributed by atoms with Crippen molar-refractivity contribution in [3.8, 4) is 23.0 Å². The predicted octanol–water partition coefficient (Wildman–Crippen LogP) is 10.7. The number of likely N-dealkylation sites (tertiary alicyclic amines) is 2. The first-order chi connectivity index (χ1) is 32.4. The fourth-order valence-corrected chi connectivity index (χ4v) is 8.63. The fraction of sp³-hybridized carbons (Fsp3) is 0.333. The van der Waals surface area contributed by atoms with Gasteiger partial charge in [0.1, 0.15) is 11.6 Å². The van der Waals surface area contributed by atoms with Crippen molar-refractivity contribution in [1.82, 2.24) is 9.80 Å². The van der Waals surface area contributed by atoms with Crippen LogP contribution in [0, 0.1) is 0 Å². The number of nitrogens with zero attached hydrogens (tertiary/aromatic N) is 2. The lowest BCUT2D eigenvalue weighted by Crippen LogP contribution is -2.41. The molecule has 1 N–H and O–H groups in total. The predicted molar refractivity (Wildman–Crippen MR) is 250 cm³/mol. The lowest BCUT2D eigenvalue weighted by Gasteiger charge is -2.35. The van der Waals surface area contributed by atoms with Crippen LogP contribution in [0.5, 0.6) is 23.0 Å². The van der Waals surface area contributed by atoms with Crippen LogP contribution in [0.3, 0.4) is 0 Å². The number of ether oxygens (including phenoxy) is 5. The molecule has 0 saturated carbocycles. The third kappa shape index (κ3) is 12.9. The van der Waals surface area contributed by atoms with Crippen LogP contribution in [-0.2, 0) is 17.6 Å². The average Bonchev–Trinajstić information content (AvgIpc) is 3.85. The molecule has 2 unspecified atom stereocenters. The number of piperidine rings is 2. The van der Waals surface area contributed by atoms with E-state index in [2.05, 4.69) is 58.3 Å². The molecule has 0 radical (unpaired) electrons. The molecule has 2 atom stereocenters. The molecule has 6 aromatic rings. The minimum absolute atomic E-state index is 0.0441. The van der Waals surface area contributed by atoms with Gasteiger partial charge in [-0.3, -0.25) is 0 Å². The van der Waals surface area contributed by atoms with E-state index in [-0.39, 0.29) is 23.7 Å². The molecule has 0 aromatic heterocycles. The summed E-state index contributed by atoms with van der Waals surface area (Å²) in [6.07, 6.45) is 5.74. The quantitative estimate of drug-likeness (QED) is 0.122. The van der Waals surface area contributed by atoms with Crippen LogP contribution in [0.25, 0.3) is 0 Å². The van der Waals surface area contributed by atoms with Gasteiger partial charge in [0.25, 0.3) is 0 Å². The van der Waals surface area contributed by atoms with Gasteiger partial charge >= 0.3 is 0 Å². The van der Waals surface area contributed by atoms with Crippen LogP contribution in [0.15, 0.2) is 158 Å². The molecule has 4 aliphatic heterocycles. The summed E-state index contributed by atoms with van der Waals surface area (Å²) in [6.45, 7) is 1.43. The number of β-amino-alcohol motifs (C(OH)–C–C–N with tert-alkyl or cyclic N) is 1. The molecule has 2 saturated heterocycles. The van der Waals surface area contributed by atoms with E-state index in [9.17, 15) is 5.11 Å². The number of aliphatic hydroxyl groups is 1. The Bertz CT molecular complexity index is 2380. The summed E-state index contributed by atoms with van der Waals surface area (Å²) in [4.78, 5) is 4.73. The highest BCUT2D eigenvalue weighted by Crippen LogP contribution is 2.35. The van der Waals surface area contributed by atoms with Crippen LogP contribution in [-0.4, -0.2) is 79.9 Å². The molecule has 0 aliphatic carbocycles. The van der Waals surface area contributed by atoms with Gasteiger partial charge in [0, 0.05) is 26.2 Å². The molecule has 4 aliphatic rings. The van der Waals surface area contributed by atoms with Crippen LogP contribution in [0.4, 0.5) is 0 Å². The van der Waals surface area contributed by atoms with Crippen molar-refractivity contribution in [2.45, 2.75) is 62.2 Å². The molecule has 6 aromatic carbocycles. The maximum absolute atomic E-state index is 9.64. The van der Waals surface area contributed by atoms with Crippen molar-refractivity contribution in [3.05, 3.63) is 191 Å². The molecule has 4 heterocycles. The van der Waals surface area contributed by atoms with Crippen molar-refractivity contribution in [1.29, 1.82) is 0 Å². The second-order valence-electron chi connectivity index (χ2n) is 16.3. The summed E-state index contributed by atoms with van der Waals surface area (Å²) in [5, 5.41) is 9.60. The molecule has 328 valence electrons. The largest absolute Gasteiger partial charge is 0.454 e. The van der Waals surface area contributed by atoms with Crippen molar-refractivity contribution in [2.24, 2.45) is 0 Å². The second-order valence-corrected chi connectivity index (χ2v) is 16.8. The molecule has 2 fully saturated rings. The Kier molecular flexibility index (Phi) is 14.2. The van der Waals surface area contributed by atoms with Gasteiger partial charge in [0.2, 0.25) is 13.5 Å². The molecular formula is C54H59ClN2O6. The first-order valence-electron chi connectivity index (χ1n) is 24.1. The first-order valence-corrected chi connectivity index (χ1v) is 22.5. The number of hydrogen-bond donors (Lipinski definition) is 1. The highest BCUT2D eigenvalue weighted by Gasteiger charge is 2.26. The molecule has 0 amide bonds. The molecule has 10 rings (SSSR count). The summed E-state index contributed by atoms with van der Waals surface area (Å²) in [5.74, 6) is 1.85. The van der Waals surface area contributed by atoms with E-state index in [0.717, 1.165) is 100 Å². The van der Waals surface area contributed by atoms with Crippen LogP contribution >= 0.6 is 11.6 Å². The van der Waals surface area contributed by atoms with Gasteiger partial charge in [-0.15, -0.1) is 11.6 Å². The van der Waals surface area contributed by atoms with Crippen LogP contribution in [0.2, 0.25) is 0 Å².